The van der Waals surface area contributed by atoms with Crippen LogP contribution in [0.1, 0.15) is 27.7 Å². The average molecular weight is 232 g/mol. The summed E-state index contributed by atoms with van der Waals surface area (Å²) in [4.78, 5) is 0. The lowest BCUT2D eigenvalue weighted by atomic mass is 9.96. The molecule has 0 spiro atoms. The molecule has 0 radical (unpaired) electrons. The maximum Gasteiger partial charge on any atom is 0.119 e. The van der Waals surface area contributed by atoms with Crippen LogP contribution in [0.5, 0.6) is 5.75 Å². The van der Waals surface area contributed by atoms with Gasteiger partial charge in [-0.25, -0.2) is 0 Å². The van der Waals surface area contributed by atoms with Crippen LogP contribution in [0.2, 0.25) is 0 Å². The van der Waals surface area contributed by atoms with Crippen LogP contribution in [0, 0.1) is 16.7 Å². The van der Waals surface area contributed by atoms with Crippen LogP contribution in [0.4, 0.5) is 5.69 Å². The van der Waals surface area contributed by atoms with Crippen molar-refractivity contribution in [2.45, 2.75) is 33.8 Å². The van der Waals surface area contributed by atoms with Gasteiger partial charge in [0.15, 0.2) is 0 Å². The summed E-state index contributed by atoms with van der Waals surface area (Å²) in [6.45, 7) is 8.46. The second kappa shape index (κ2) is 5.58. The number of anilines is 1. The van der Waals surface area contributed by atoms with Crippen molar-refractivity contribution in [2.75, 3.05) is 11.9 Å². The standard InChI is InChI=1S/C14H20N2O/c1-11(2)17-13-7-5-12(6-8-13)16-10-14(3,4)9-15/h5-8,11,16H,10H2,1-4H3. The average Bonchev–Trinajstić information content (AvgIpc) is 2.28. The van der Waals surface area contributed by atoms with E-state index in [4.69, 9.17) is 10.00 Å². The van der Waals surface area contributed by atoms with Gasteiger partial charge in [-0.05, 0) is 52.0 Å². The van der Waals surface area contributed by atoms with Gasteiger partial charge in [-0.2, -0.15) is 5.26 Å². The van der Waals surface area contributed by atoms with E-state index in [1.165, 1.54) is 0 Å². The van der Waals surface area contributed by atoms with Crippen LogP contribution < -0.4 is 10.1 Å². The van der Waals surface area contributed by atoms with Gasteiger partial charge in [0, 0.05) is 12.2 Å². The first-order chi connectivity index (χ1) is 7.93. The quantitative estimate of drug-likeness (QED) is 0.845. The Morgan fingerprint density at radius 2 is 1.88 bits per heavy atom. The normalized spacial score (nSPS) is 11.1. The molecule has 92 valence electrons. The fourth-order valence-electron chi connectivity index (χ4n) is 1.29. The molecular weight excluding hydrogens is 212 g/mol. The third kappa shape index (κ3) is 4.78. The predicted molar refractivity (Wildman–Crippen MR) is 70.1 cm³/mol. The first-order valence-electron chi connectivity index (χ1n) is 5.85. The molecule has 0 aliphatic carbocycles. The van der Waals surface area contributed by atoms with Gasteiger partial charge in [-0.15, -0.1) is 0 Å². The summed E-state index contributed by atoms with van der Waals surface area (Å²) in [5, 5.41) is 12.1. The summed E-state index contributed by atoms with van der Waals surface area (Å²) in [5.41, 5.74) is 0.650. The first kappa shape index (κ1) is 13.4. The minimum Gasteiger partial charge on any atom is -0.491 e. The molecule has 0 aliphatic rings. The van der Waals surface area contributed by atoms with Crippen LogP contribution >= 0.6 is 0 Å². The molecule has 0 heterocycles. The molecular formula is C14H20N2O. The molecule has 3 heteroatoms. The highest BCUT2D eigenvalue weighted by atomic mass is 16.5. The molecule has 1 rings (SSSR count). The van der Waals surface area contributed by atoms with Gasteiger partial charge in [-0.3, -0.25) is 0 Å². The van der Waals surface area contributed by atoms with Crippen molar-refractivity contribution in [1.29, 1.82) is 5.26 Å². The molecule has 1 aromatic rings. The van der Waals surface area contributed by atoms with Crippen molar-refractivity contribution < 1.29 is 4.74 Å². The molecule has 0 aromatic heterocycles. The van der Waals surface area contributed by atoms with Crippen LogP contribution in [0.15, 0.2) is 24.3 Å². The maximum absolute atomic E-state index is 8.91. The molecule has 0 bridgehead atoms. The van der Waals surface area contributed by atoms with Gasteiger partial charge in [0.05, 0.1) is 17.6 Å². The zero-order valence-corrected chi connectivity index (χ0v) is 10.9. The number of nitrogens with one attached hydrogen (secondary N) is 1. The van der Waals surface area contributed by atoms with Gasteiger partial charge in [0.25, 0.3) is 0 Å². The number of nitriles is 1. The lowest BCUT2D eigenvalue weighted by Crippen LogP contribution is -2.20. The van der Waals surface area contributed by atoms with E-state index in [1.807, 2.05) is 52.0 Å². The molecule has 0 saturated heterocycles. The molecule has 0 amide bonds. The van der Waals surface area contributed by atoms with Gasteiger partial charge >= 0.3 is 0 Å². The lowest BCUT2D eigenvalue weighted by Gasteiger charge is -2.17. The van der Waals surface area contributed by atoms with E-state index in [2.05, 4.69) is 11.4 Å². The smallest absolute Gasteiger partial charge is 0.119 e. The Morgan fingerprint density at radius 3 is 2.35 bits per heavy atom. The van der Waals surface area contributed by atoms with Gasteiger partial charge in [-0.1, -0.05) is 0 Å². The minimum atomic E-state index is -0.354. The van der Waals surface area contributed by atoms with Crippen LogP contribution in [0.3, 0.4) is 0 Å². The van der Waals surface area contributed by atoms with Crippen molar-refractivity contribution in [3.63, 3.8) is 0 Å². The molecule has 0 unspecified atom stereocenters. The van der Waals surface area contributed by atoms with E-state index in [0.717, 1.165) is 11.4 Å². The topological polar surface area (TPSA) is 45.0 Å². The minimum absolute atomic E-state index is 0.186. The fourth-order valence-corrected chi connectivity index (χ4v) is 1.29. The first-order valence-corrected chi connectivity index (χ1v) is 5.85. The third-order valence-electron chi connectivity index (χ3n) is 2.26. The van der Waals surface area contributed by atoms with E-state index in [0.29, 0.717) is 6.54 Å². The molecule has 0 fully saturated rings. The van der Waals surface area contributed by atoms with Crippen molar-refractivity contribution >= 4 is 5.69 Å². The van der Waals surface area contributed by atoms with E-state index in [-0.39, 0.29) is 11.5 Å². The largest absolute Gasteiger partial charge is 0.491 e. The van der Waals surface area contributed by atoms with Gasteiger partial charge in [0.2, 0.25) is 0 Å². The van der Waals surface area contributed by atoms with E-state index in [1.54, 1.807) is 0 Å². The summed E-state index contributed by atoms with van der Waals surface area (Å²) in [6, 6.07) is 10.1. The second-order valence-corrected chi connectivity index (χ2v) is 5.04. The van der Waals surface area contributed by atoms with Crippen LogP contribution in [-0.2, 0) is 0 Å². The molecule has 0 atom stereocenters. The van der Waals surface area contributed by atoms with Crippen LogP contribution in [-0.4, -0.2) is 12.6 Å². The highest BCUT2D eigenvalue weighted by molar-refractivity contribution is 5.46. The van der Waals surface area contributed by atoms with Crippen molar-refractivity contribution in [3.05, 3.63) is 24.3 Å². The maximum atomic E-state index is 8.91. The molecule has 1 aromatic carbocycles. The number of hydrogen-bond acceptors (Lipinski definition) is 3. The Hall–Kier alpha value is -1.69. The molecule has 0 saturated carbocycles. The monoisotopic (exact) mass is 232 g/mol. The molecule has 17 heavy (non-hydrogen) atoms. The zero-order chi connectivity index (χ0) is 12.9. The summed E-state index contributed by atoms with van der Waals surface area (Å²) >= 11 is 0. The number of nitrogens with zero attached hydrogens (tertiary/aromatic N) is 1. The second-order valence-electron chi connectivity index (χ2n) is 5.04. The lowest BCUT2D eigenvalue weighted by molar-refractivity contribution is 0.242. The highest BCUT2D eigenvalue weighted by Gasteiger charge is 2.15. The van der Waals surface area contributed by atoms with E-state index >= 15 is 0 Å². The Kier molecular flexibility index (Phi) is 4.39. The Morgan fingerprint density at radius 1 is 1.29 bits per heavy atom. The third-order valence-corrected chi connectivity index (χ3v) is 2.26. The van der Waals surface area contributed by atoms with Gasteiger partial charge < -0.3 is 10.1 Å². The van der Waals surface area contributed by atoms with Gasteiger partial charge in [0.1, 0.15) is 5.75 Å². The number of benzene rings is 1. The SMILES string of the molecule is CC(C)Oc1ccc(NCC(C)(C)C#N)cc1. The van der Waals surface area contributed by atoms with Crippen molar-refractivity contribution in [2.24, 2.45) is 5.41 Å². The van der Waals surface area contributed by atoms with Crippen molar-refractivity contribution in [3.8, 4) is 11.8 Å². The number of ether oxygens (including phenoxy) is 1. The summed E-state index contributed by atoms with van der Waals surface area (Å²) in [7, 11) is 0. The Balaban J connectivity index is 2.55. The molecule has 1 N–H and O–H groups in total. The predicted octanol–water partition coefficient (Wildman–Crippen LogP) is 3.44. The molecule has 3 nitrogen and oxygen atoms in total. The van der Waals surface area contributed by atoms with E-state index in [9.17, 15) is 0 Å². The number of rotatable bonds is 5. The van der Waals surface area contributed by atoms with Crippen molar-refractivity contribution in [1.82, 2.24) is 0 Å². The zero-order valence-electron chi connectivity index (χ0n) is 10.9. The Labute approximate surface area is 103 Å². The molecule has 0 aliphatic heterocycles. The fraction of sp³-hybridized carbons (Fsp3) is 0.500. The summed E-state index contributed by atoms with van der Waals surface area (Å²) < 4.78 is 5.56. The number of hydrogen-bond donors (Lipinski definition) is 1. The van der Waals surface area contributed by atoms with Crippen LogP contribution in [0.25, 0.3) is 0 Å². The highest BCUT2D eigenvalue weighted by Crippen LogP contribution is 2.19. The van der Waals surface area contributed by atoms with E-state index < -0.39 is 0 Å². The Bertz CT molecular complexity index is 388. The summed E-state index contributed by atoms with van der Waals surface area (Å²) in [6.07, 6.45) is 0.186. The summed E-state index contributed by atoms with van der Waals surface area (Å²) in [5.74, 6) is 0.866.